The Morgan fingerprint density at radius 1 is 0.976 bits per heavy atom. The van der Waals surface area contributed by atoms with Gasteiger partial charge in [0, 0.05) is 25.6 Å². The number of rotatable bonds is 5. The third-order valence-corrected chi connectivity index (χ3v) is 6.56. The molecule has 0 aliphatic heterocycles. The fourth-order valence-electron chi connectivity index (χ4n) is 4.71. The Bertz CT molecular complexity index is 1860. The predicted molar refractivity (Wildman–Crippen MR) is 154 cm³/mol. The summed E-state index contributed by atoms with van der Waals surface area (Å²) in [6.07, 6.45) is 1.44. The number of carbonyl (C=O) groups is 3. The van der Waals surface area contributed by atoms with Gasteiger partial charge in [0.25, 0.3) is 5.91 Å². The third kappa shape index (κ3) is 5.28. The van der Waals surface area contributed by atoms with Crippen LogP contribution in [-0.2, 0) is 11.8 Å². The van der Waals surface area contributed by atoms with Gasteiger partial charge >= 0.3 is 5.97 Å². The van der Waals surface area contributed by atoms with Crippen molar-refractivity contribution in [3.05, 3.63) is 77.7 Å². The van der Waals surface area contributed by atoms with Gasteiger partial charge in [0.15, 0.2) is 5.82 Å². The highest BCUT2D eigenvalue weighted by Gasteiger charge is 2.23. The SMILES string of the molecule is COc1ccc2c(c1)c(C(=O)Nc1nn(C)c3cc(-c4cccc(C(=O)OC(C)(C)C)c4)cc(F)c13)cn2C(C)=O. The number of anilines is 1. The van der Waals surface area contributed by atoms with Gasteiger partial charge < -0.3 is 14.8 Å². The van der Waals surface area contributed by atoms with Gasteiger partial charge in [-0.15, -0.1) is 0 Å². The van der Waals surface area contributed by atoms with E-state index in [0.717, 1.165) is 0 Å². The van der Waals surface area contributed by atoms with Gasteiger partial charge in [-0.3, -0.25) is 18.8 Å². The zero-order valence-corrected chi connectivity index (χ0v) is 23.5. The lowest BCUT2D eigenvalue weighted by atomic mass is 10.0. The molecule has 1 amide bonds. The Morgan fingerprint density at radius 3 is 2.41 bits per heavy atom. The van der Waals surface area contributed by atoms with Gasteiger partial charge in [0.05, 0.1) is 34.7 Å². The topological polar surface area (TPSA) is 104 Å². The molecule has 0 aliphatic carbocycles. The monoisotopic (exact) mass is 556 g/mol. The van der Waals surface area contributed by atoms with Crippen molar-refractivity contribution in [2.45, 2.75) is 33.3 Å². The Balaban J connectivity index is 1.52. The molecule has 0 saturated carbocycles. The Morgan fingerprint density at radius 2 is 1.73 bits per heavy atom. The number of carbonyl (C=O) groups excluding carboxylic acids is 3. The quantitative estimate of drug-likeness (QED) is 0.258. The van der Waals surface area contributed by atoms with Crippen LogP contribution in [0.25, 0.3) is 32.9 Å². The molecule has 10 heteroatoms. The standard InChI is InChI=1S/C31H29FN4O5/c1-17(37)36-16-23(22-15-21(40-6)10-11-25(22)36)29(38)33-28-27-24(32)13-20(14-26(27)35(5)34-28)18-8-7-9-19(12-18)30(39)41-31(2,3)4/h7-16H,1-6H3,(H,33,34,38). The van der Waals surface area contributed by atoms with Crippen LogP contribution in [0.4, 0.5) is 10.2 Å². The van der Waals surface area contributed by atoms with Crippen molar-refractivity contribution in [1.82, 2.24) is 14.3 Å². The number of esters is 1. The van der Waals surface area contributed by atoms with E-state index < -0.39 is 23.3 Å². The number of benzene rings is 3. The van der Waals surface area contributed by atoms with Crippen molar-refractivity contribution < 1.29 is 28.2 Å². The number of aromatic nitrogens is 3. The number of nitrogens with zero attached hydrogens (tertiary/aromatic N) is 3. The Kier molecular flexibility index (Phi) is 6.86. The maximum absolute atomic E-state index is 15.6. The zero-order chi connectivity index (χ0) is 29.6. The summed E-state index contributed by atoms with van der Waals surface area (Å²) >= 11 is 0. The van der Waals surface area contributed by atoms with E-state index in [1.165, 1.54) is 35.5 Å². The highest BCUT2D eigenvalue weighted by atomic mass is 19.1. The van der Waals surface area contributed by atoms with E-state index >= 15 is 4.39 Å². The Hall–Kier alpha value is -4.99. The van der Waals surface area contributed by atoms with Crippen LogP contribution in [0.3, 0.4) is 0 Å². The number of amides is 1. The van der Waals surface area contributed by atoms with Crippen LogP contribution < -0.4 is 10.1 Å². The number of aryl methyl sites for hydroxylation is 1. The second-order valence-corrected chi connectivity index (χ2v) is 10.7. The van der Waals surface area contributed by atoms with Gasteiger partial charge in [-0.1, -0.05) is 12.1 Å². The molecule has 0 saturated heterocycles. The van der Waals surface area contributed by atoms with Crippen molar-refractivity contribution >= 4 is 45.4 Å². The molecule has 41 heavy (non-hydrogen) atoms. The molecule has 5 aromatic rings. The molecule has 5 rings (SSSR count). The number of fused-ring (bicyclic) bond motifs is 2. The van der Waals surface area contributed by atoms with Gasteiger partial charge in [0.1, 0.15) is 17.2 Å². The van der Waals surface area contributed by atoms with E-state index in [0.29, 0.717) is 38.9 Å². The van der Waals surface area contributed by atoms with Gasteiger partial charge in [-0.25, -0.2) is 9.18 Å². The highest BCUT2D eigenvalue weighted by Crippen LogP contribution is 2.33. The first kappa shape index (κ1) is 27.6. The minimum absolute atomic E-state index is 0.0330. The molecule has 2 heterocycles. The summed E-state index contributed by atoms with van der Waals surface area (Å²) in [6.45, 7) is 6.76. The number of halogens is 1. The van der Waals surface area contributed by atoms with Crippen molar-refractivity contribution in [1.29, 1.82) is 0 Å². The van der Waals surface area contributed by atoms with Crippen LogP contribution in [0.2, 0.25) is 0 Å². The van der Waals surface area contributed by atoms with Crippen LogP contribution in [0.15, 0.2) is 60.8 Å². The lowest BCUT2D eigenvalue weighted by molar-refractivity contribution is 0.00693. The molecule has 3 aromatic carbocycles. The number of ether oxygens (including phenoxy) is 2. The van der Waals surface area contributed by atoms with E-state index in [-0.39, 0.29) is 22.7 Å². The second kappa shape index (κ2) is 10.2. The molecule has 210 valence electrons. The number of nitrogens with one attached hydrogen (secondary N) is 1. The summed E-state index contributed by atoms with van der Waals surface area (Å²) in [5.74, 6) is -1.35. The molecule has 0 aliphatic rings. The zero-order valence-electron chi connectivity index (χ0n) is 23.5. The summed E-state index contributed by atoms with van der Waals surface area (Å²) in [6, 6.07) is 14.9. The lowest BCUT2D eigenvalue weighted by Crippen LogP contribution is -2.23. The predicted octanol–water partition coefficient (Wildman–Crippen LogP) is 6.21. The molecule has 0 bridgehead atoms. The van der Waals surface area contributed by atoms with Crippen LogP contribution in [0.1, 0.15) is 53.2 Å². The highest BCUT2D eigenvalue weighted by molar-refractivity contribution is 6.16. The molecule has 9 nitrogen and oxygen atoms in total. The summed E-state index contributed by atoms with van der Waals surface area (Å²) in [7, 11) is 3.15. The van der Waals surface area contributed by atoms with E-state index in [2.05, 4.69) is 10.4 Å². The Labute approximate surface area is 235 Å². The van der Waals surface area contributed by atoms with Crippen molar-refractivity contribution in [2.75, 3.05) is 12.4 Å². The minimum atomic E-state index is -0.652. The molecular formula is C31H29FN4O5. The molecular weight excluding hydrogens is 527 g/mol. The first-order valence-electron chi connectivity index (χ1n) is 12.9. The number of hydrogen-bond acceptors (Lipinski definition) is 6. The second-order valence-electron chi connectivity index (χ2n) is 10.7. The summed E-state index contributed by atoms with van der Waals surface area (Å²) in [5.41, 5.74) is 2.02. The molecule has 0 atom stereocenters. The molecule has 0 unspecified atom stereocenters. The van der Waals surface area contributed by atoms with E-state index in [9.17, 15) is 14.4 Å². The summed E-state index contributed by atoms with van der Waals surface area (Å²) in [5, 5.41) is 7.71. The molecule has 1 N–H and O–H groups in total. The number of hydrogen-bond donors (Lipinski definition) is 1. The van der Waals surface area contributed by atoms with Crippen LogP contribution >= 0.6 is 0 Å². The molecule has 2 aromatic heterocycles. The molecule has 0 spiro atoms. The van der Waals surface area contributed by atoms with Gasteiger partial charge in [-0.05, 0) is 74.4 Å². The maximum Gasteiger partial charge on any atom is 0.338 e. The minimum Gasteiger partial charge on any atom is -0.497 e. The van der Waals surface area contributed by atoms with Crippen LogP contribution in [0.5, 0.6) is 5.75 Å². The number of methoxy groups -OCH3 is 1. The van der Waals surface area contributed by atoms with Crippen LogP contribution in [-0.4, -0.2) is 44.8 Å². The van der Waals surface area contributed by atoms with Crippen molar-refractivity contribution in [2.24, 2.45) is 7.05 Å². The van der Waals surface area contributed by atoms with Crippen LogP contribution in [0, 0.1) is 5.82 Å². The smallest absolute Gasteiger partial charge is 0.338 e. The van der Waals surface area contributed by atoms with Gasteiger partial charge in [-0.2, -0.15) is 5.10 Å². The maximum atomic E-state index is 15.6. The largest absolute Gasteiger partial charge is 0.497 e. The molecule has 0 fully saturated rings. The third-order valence-electron chi connectivity index (χ3n) is 6.56. The first-order chi connectivity index (χ1) is 19.4. The van der Waals surface area contributed by atoms with Crippen molar-refractivity contribution in [3.8, 4) is 16.9 Å². The average Bonchev–Trinajstić information content (AvgIpc) is 3.45. The first-order valence-corrected chi connectivity index (χ1v) is 12.9. The van der Waals surface area contributed by atoms with Crippen molar-refractivity contribution in [3.63, 3.8) is 0 Å². The van der Waals surface area contributed by atoms with E-state index in [4.69, 9.17) is 9.47 Å². The fraction of sp³-hybridized carbons (Fsp3) is 0.226. The fourth-order valence-corrected chi connectivity index (χ4v) is 4.71. The van der Waals surface area contributed by atoms with E-state index in [1.807, 2.05) is 0 Å². The van der Waals surface area contributed by atoms with Gasteiger partial charge in [0.2, 0.25) is 5.91 Å². The normalized spacial score (nSPS) is 11.6. The molecule has 0 radical (unpaired) electrons. The summed E-state index contributed by atoms with van der Waals surface area (Å²) in [4.78, 5) is 38.2. The average molecular weight is 557 g/mol. The lowest BCUT2D eigenvalue weighted by Gasteiger charge is -2.19. The summed E-state index contributed by atoms with van der Waals surface area (Å²) < 4.78 is 29.2. The van der Waals surface area contributed by atoms with E-state index in [1.54, 1.807) is 76.3 Å².